The Balaban J connectivity index is 1.66. The number of hydrogen-bond acceptors (Lipinski definition) is 2. The first-order valence-electron chi connectivity index (χ1n) is 7.58. The second-order valence-electron chi connectivity index (χ2n) is 6.09. The molecule has 2 fully saturated rings. The summed E-state index contributed by atoms with van der Waals surface area (Å²) < 4.78 is 2.01. The van der Waals surface area contributed by atoms with Gasteiger partial charge in [-0.2, -0.15) is 5.10 Å². The normalized spacial score (nSPS) is 22.1. The molecule has 2 aliphatic rings. The van der Waals surface area contributed by atoms with Crippen LogP contribution in [-0.4, -0.2) is 33.7 Å². The standard InChI is InChI=1S/C15H23N3O/c1-12-6-9-17(10-7-12)15(19)14-8-11-18(16-14)13-4-2-3-5-13/h8,11-13H,2-7,9-10H2,1H3. The van der Waals surface area contributed by atoms with E-state index in [-0.39, 0.29) is 5.91 Å². The molecule has 19 heavy (non-hydrogen) atoms. The maximum absolute atomic E-state index is 12.4. The molecule has 4 heteroatoms. The number of rotatable bonds is 2. The van der Waals surface area contributed by atoms with Crippen LogP contribution in [0.25, 0.3) is 0 Å². The molecule has 1 aromatic heterocycles. The van der Waals surface area contributed by atoms with Crippen LogP contribution >= 0.6 is 0 Å². The maximum Gasteiger partial charge on any atom is 0.274 e. The van der Waals surface area contributed by atoms with E-state index in [1.54, 1.807) is 0 Å². The third-order valence-electron chi connectivity index (χ3n) is 4.60. The van der Waals surface area contributed by atoms with Crippen molar-refractivity contribution in [3.05, 3.63) is 18.0 Å². The highest BCUT2D eigenvalue weighted by Crippen LogP contribution is 2.28. The molecule has 104 valence electrons. The van der Waals surface area contributed by atoms with Crippen LogP contribution in [0.15, 0.2) is 12.3 Å². The minimum Gasteiger partial charge on any atom is -0.337 e. The molecule has 4 nitrogen and oxygen atoms in total. The quantitative estimate of drug-likeness (QED) is 0.821. The van der Waals surface area contributed by atoms with E-state index in [0.29, 0.717) is 11.7 Å². The molecule has 0 aromatic carbocycles. The molecule has 1 saturated carbocycles. The first-order chi connectivity index (χ1) is 9.24. The Labute approximate surface area is 114 Å². The molecule has 1 aliphatic heterocycles. The van der Waals surface area contributed by atoms with Gasteiger partial charge in [-0.15, -0.1) is 0 Å². The lowest BCUT2D eigenvalue weighted by Gasteiger charge is -2.29. The summed E-state index contributed by atoms with van der Waals surface area (Å²) in [5, 5.41) is 4.51. The van der Waals surface area contributed by atoms with Gasteiger partial charge >= 0.3 is 0 Å². The van der Waals surface area contributed by atoms with Crippen molar-refractivity contribution in [2.24, 2.45) is 5.92 Å². The lowest BCUT2D eigenvalue weighted by Crippen LogP contribution is -2.38. The van der Waals surface area contributed by atoms with Gasteiger partial charge in [-0.1, -0.05) is 19.8 Å². The number of carbonyl (C=O) groups is 1. The van der Waals surface area contributed by atoms with Crippen LogP contribution in [-0.2, 0) is 0 Å². The van der Waals surface area contributed by atoms with E-state index < -0.39 is 0 Å². The van der Waals surface area contributed by atoms with Crippen molar-refractivity contribution >= 4 is 5.91 Å². The summed E-state index contributed by atoms with van der Waals surface area (Å²) in [5.74, 6) is 0.865. The highest BCUT2D eigenvalue weighted by Gasteiger charge is 2.24. The molecule has 1 aromatic rings. The maximum atomic E-state index is 12.4. The average Bonchev–Trinajstić information content (AvgIpc) is 3.10. The predicted octanol–water partition coefficient (Wildman–Crippen LogP) is 2.87. The first-order valence-corrected chi connectivity index (χ1v) is 7.58. The van der Waals surface area contributed by atoms with Crippen molar-refractivity contribution in [3.63, 3.8) is 0 Å². The zero-order valence-electron chi connectivity index (χ0n) is 11.7. The van der Waals surface area contributed by atoms with Gasteiger partial charge in [0.05, 0.1) is 6.04 Å². The van der Waals surface area contributed by atoms with Crippen molar-refractivity contribution in [2.75, 3.05) is 13.1 Å². The third kappa shape index (κ3) is 2.67. The topological polar surface area (TPSA) is 38.1 Å². The van der Waals surface area contributed by atoms with Gasteiger partial charge < -0.3 is 4.90 Å². The molecule has 0 unspecified atom stereocenters. The number of likely N-dealkylation sites (tertiary alicyclic amines) is 1. The summed E-state index contributed by atoms with van der Waals surface area (Å²) in [6.45, 7) is 4.03. The van der Waals surface area contributed by atoms with Gasteiger partial charge in [-0.3, -0.25) is 9.48 Å². The zero-order chi connectivity index (χ0) is 13.2. The fourth-order valence-corrected chi connectivity index (χ4v) is 3.20. The first kappa shape index (κ1) is 12.7. The Kier molecular flexibility index (Phi) is 3.58. The molecule has 0 atom stereocenters. The molecule has 1 saturated heterocycles. The van der Waals surface area contributed by atoms with Crippen LogP contribution in [0, 0.1) is 5.92 Å². The van der Waals surface area contributed by atoms with E-state index in [4.69, 9.17) is 0 Å². The molecule has 1 amide bonds. The van der Waals surface area contributed by atoms with Crippen LogP contribution < -0.4 is 0 Å². The number of aromatic nitrogens is 2. The molecule has 0 bridgehead atoms. The van der Waals surface area contributed by atoms with Crippen LogP contribution in [0.4, 0.5) is 0 Å². The summed E-state index contributed by atoms with van der Waals surface area (Å²) in [6.07, 6.45) is 9.21. The zero-order valence-corrected chi connectivity index (χ0v) is 11.7. The van der Waals surface area contributed by atoms with E-state index in [9.17, 15) is 4.79 Å². The van der Waals surface area contributed by atoms with Crippen LogP contribution in [0.2, 0.25) is 0 Å². The van der Waals surface area contributed by atoms with E-state index in [1.165, 1.54) is 25.7 Å². The minimum atomic E-state index is 0.114. The number of piperidine rings is 1. The molecule has 1 aliphatic carbocycles. The van der Waals surface area contributed by atoms with Crippen molar-refractivity contribution in [2.45, 2.75) is 51.5 Å². The molecular formula is C15H23N3O. The van der Waals surface area contributed by atoms with Crippen molar-refractivity contribution in [1.82, 2.24) is 14.7 Å². The monoisotopic (exact) mass is 261 g/mol. The Morgan fingerprint density at radius 1 is 1.21 bits per heavy atom. The number of amides is 1. The number of nitrogens with zero attached hydrogens (tertiary/aromatic N) is 3. The van der Waals surface area contributed by atoms with E-state index >= 15 is 0 Å². The Bertz CT molecular complexity index is 440. The van der Waals surface area contributed by atoms with Gasteiger partial charge in [-0.05, 0) is 37.7 Å². The van der Waals surface area contributed by atoms with Gasteiger partial charge in [0.15, 0.2) is 0 Å². The van der Waals surface area contributed by atoms with Crippen LogP contribution in [0.3, 0.4) is 0 Å². The van der Waals surface area contributed by atoms with E-state index in [2.05, 4.69) is 12.0 Å². The van der Waals surface area contributed by atoms with Crippen molar-refractivity contribution in [3.8, 4) is 0 Å². The predicted molar refractivity (Wildman–Crippen MR) is 74.0 cm³/mol. The SMILES string of the molecule is CC1CCN(C(=O)c2ccn(C3CCCC3)n2)CC1. The highest BCUT2D eigenvalue weighted by molar-refractivity contribution is 5.92. The summed E-state index contributed by atoms with van der Waals surface area (Å²) >= 11 is 0. The van der Waals surface area contributed by atoms with Crippen LogP contribution in [0.1, 0.15) is 62.0 Å². The van der Waals surface area contributed by atoms with Crippen LogP contribution in [0.5, 0.6) is 0 Å². The molecule has 3 rings (SSSR count). The summed E-state index contributed by atoms with van der Waals surface area (Å²) in [4.78, 5) is 14.3. The molecule has 0 radical (unpaired) electrons. The largest absolute Gasteiger partial charge is 0.337 e. The van der Waals surface area contributed by atoms with Crippen molar-refractivity contribution in [1.29, 1.82) is 0 Å². The lowest BCUT2D eigenvalue weighted by atomic mass is 9.99. The summed E-state index contributed by atoms with van der Waals surface area (Å²) in [5.41, 5.74) is 0.626. The third-order valence-corrected chi connectivity index (χ3v) is 4.60. The van der Waals surface area contributed by atoms with Gasteiger partial charge in [0.25, 0.3) is 5.91 Å². The Hall–Kier alpha value is -1.32. The smallest absolute Gasteiger partial charge is 0.274 e. The average molecular weight is 261 g/mol. The number of carbonyl (C=O) groups excluding carboxylic acids is 1. The fourth-order valence-electron chi connectivity index (χ4n) is 3.20. The molecule has 2 heterocycles. The highest BCUT2D eigenvalue weighted by atomic mass is 16.2. The van der Waals surface area contributed by atoms with Gasteiger partial charge in [0.2, 0.25) is 0 Å². The minimum absolute atomic E-state index is 0.114. The molecular weight excluding hydrogens is 238 g/mol. The van der Waals surface area contributed by atoms with Crippen molar-refractivity contribution < 1.29 is 4.79 Å². The fraction of sp³-hybridized carbons (Fsp3) is 0.733. The second kappa shape index (κ2) is 5.35. The van der Waals surface area contributed by atoms with Gasteiger partial charge in [0.1, 0.15) is 5.69 Å². The van der Waals surface area contributed by atoms with E-state index in [0.717, 1.165) is 31.8 Å². The Morgan fingerprint density at radius 3 is 2.58 bits per heavy atom. The van der Waals surface area contributed by atoms with Gasteiger partial charge in [0, 0.05) is 19.3 Å². The Morgan fingerprint density at radius 2 is 1.89 bits per heavy atom. The summed E-state index contributed by atoms with van der Waals surface area (Å²) in [6, 6.07) is 2.40. The second-order valence-corrected chi connectivity index (χ2v) is 6.09. The van der Waals surface area contributed by atoms with E-state index in [1.807, 2.05) is 21.8 Å². The number of hydrogen-bond donors (Lipinski definition) is 0. The summed E-state index contributed by atoms with van der Waals surface area (Å²) in [7, 11) is 0. The lowest BCUT2D eigenvalue weighted by molar-refractivity contribution is 0.0690. The molecule has 0 N–H and O–H groups in total. The van der Waals surface area contributed by atoms with Gasteiger partial charge in [-0.25, -0.2) is 0 Å². The molecule has 0 spiro atoms.